The molecule has 0 unspecified atom stereocenters. The van der Waals surface area contributed by atoms with E-state index in [-0.39, 0.29) is 10.7 Å². The smallest absolute Gasteiger partial charge is 0.243 e. The van der Waals surface area contributed by atoms with E-state index in [4.69, 9.17) is 10.9 Å². The third-order valence-corrected chi connectivity index (χ3v) is 5.13. The average molecular weight is 316 g/mol. The zero-order valence-electron chi connectivity index (χ0n) is 11.3. The minimum absolute atomic E-state index is 0.185. The Morgan fingerprint density at radius 3 is 2.62 bits per heavy atom. The SMILES string of the molecule is NC(=NO)C1(NS(=O)(=O)c2cncc(F)c2)CCCCC1. The Kier molecular flexibility index (Phi) is 4.43. The highest BCUT2D eigenvalue weighted by Gasteiger charge is 2.40. The first kappa shape index (κ1) is 15.6. The van der Waals surface area contributed by atoms with Gasteiger partial charge in [-0.1, -0.05) is 24.4 Å². The van der Waals surface area contributed by atoms with Crippen LogP contribution in [-0.2, 0) is 10.0 Å². The van der Waals surface area contributed by atoms with E-state index >= 15 is 0 Å². The fourth-order valence-corrected chi connectivity index (χ4v) is 3.93. The fraction of sp³-hybridized carbons (Fsp3) is 0.500. The van der Waals surface area contributed by atoms with Gasteiger partial charge in [-0.15, -0.1) is 0 Å². The van der Waals surface area contributed by atoms with E-state index in [0.717, 1.165) is 37.7 Å². The number of sulfonamides is 1. The van der Waals surface area contributed by atoms with Crippen LogP contribution in [0, 0.1) is 5.82 Å². The number of rotatable bonds is 4. The van der Waals surface area contributed by atoms with Crippen LogP contribution in [0.1, 0.15) is 32.1 Å². The predicted molar refractivity (Wildman–Crippen MR) is 73.7 cm³/mol. The summed E-state index contributed by atoms with van der Waals surface area (Å²) in [5.41, 5.74) is 4.54. The van der Waals surface area contributed by atoms with E-state index in [1.807, 2.05) is 0 Å². The Morgan fingerprint density at radius 2 is 2.05 bits per heavy atom. The molecule has 4 N–H and O–H groups in total. The van der Waals surface area contributed by atoms with Gasteiger partial charge in [-0.2, -0.15) is 4.72 Å². The second kappa shape index (κ2) is 5.94. The quantitative estimate of drug-likeness (QED) is 0.331. The molecular formula is C12H17FN4O3S. The average Bonchev–Trinajstić information content (AvgIpc) is 2.47. The van der Waals surface area contributed by atoms with Gasteiger partial charge in [-0.05, 0) is 18.9 Å². The molecule has 0 aromatic carbocycles. The highest BCUT2D eigenvalue weighted by Crippen LogP contribution is 2.30. The molecule has 2 rings (SSSR count). The van der Waals surface area contributed by atoms with Gasteiger partial charge in [0.05, 0.1) is 11.7 Å². The van der Waals surface area contributed by atoms with Crippen LogP contribution in [0.4, 0.5) is 4.39 Å². The van der Waals surface area contributed by atoms with Gasteiger partial charge in [0.25, 0.3) is 0 Å². The van der Waals surface area contributed by atoms with Crippen molar-refractivity contribution in [2.75, 3.05) is 0 Å². The summed E-state index contributed by atoms with van der Waals surface area (Å²) >= 11 is 0. The standard InChI is InChI=1S/C12H17FN4O3S/c13-9-6-10(8-15-7-9)21(19,20)17-12(11(14)16-18)4-2-1-3-5-12/h6-8,17-18H,1-5H2,(H2,14,16). The van der Waals surface area contributed by atoms with Crippen molar-refractivity contribution in [2.45, 2.75) is 42.5 Å². The maximum Gasteiger partial charge on any atom is 0.243 e. The van der Waals surface area contributed by atoms with Gasteiger partial charge in [0, 0.05) is 6.20 Å². The van der Waals surface area contributed by atoms with E-state index in [0.29, 0.717) is 12.8 Å². The summed E-state index contributed by atoms with van der Waals surface area (Å²) in [6.07, 6.45) is 5.26. The molecule has 0 saturated heterocycles. The summed E-state index contributed by atoms with van der Waals surface area (Å²) in [6.45, 7) is 0. The number of nitrogens with zero attached hydrogens (tertiary/aromatic N) is 2. The minimum atomic E-state index is -4.02. The second-order valence-electron chi connectivity index (χ2n) is 5.07. The zero-order chi connectivity index (χ0) is 15.5. The molecule has 7 nitrogen and oxygen atoms in total. The molecule has 1 aromatic rings. The molecule has 1 aromatic heterocycles. The number of nitrogens with two attached hydrogens (primary N) is 1. The molecule has 21 heavy (non-hydrogen) atoms. The monoisotopic (exact) mass is 316 g/mol. The van der Waals surface area contributed by atoms with Crippen LogP contribution in [-0.4, -0.2) is 30.0 Å². The third-order valence-electron chi connectivity index (χ3n) is 3.62. The maximum absolute atomic E-state index is 13.2. The largest absolute Gasteiger partial charge is 0.409 e. The number of hydrogen-bond donors (Lipinski definition) is 3. The Morgan fingerprint density at radius 1 is 1.38 bits per heavy atom. The van der Waals surface area contributed by atoms with E-state index in [1.165, 1.54) is 0 Å². The van der Waals surface area contributed by atoms with Crippen molar-refractivity contribution < 1.29 is 18.0 Å². The summed E-state index contributed by atoms with van der Waals surface area (Å²) in [7, 11) is -4.02. The molecule has 1 heterocycles. The number of amidine groups is 1. The summed E-state index contributed by atoms with van der Waals surface area (Å²) < 4.78 is 40.3. The van der Waals surface area contributed by atoms with Gasteiger partial charge < -0.3 is 10.9 Å². The molecule has 0 bridgehead atoms. The van der Waals surface area contributed by atoms with Crippen LogP contribution < -0.4 is 10.5 Å². The summed E-state index contributed by atoms with van der Waals surface area (Å²) in [5, 5.41) is 11.9. The highest BCUT2D eigenvalue weighted by atomic mass is 32.2. The Bertz CT molecular complexity index is 642. The molecule has 9 heteroatoms. The molecule has 1 fully saturated rings. The van der Waals surface area contributed by atoms with Crippen molar-refractivity contribution in [3.63, 3.8) is 0 Å². The molecule has 0 amide bonds. The van der Waals surface area contributed by atoms with Crippen molar-refractivity contribution in [1.29, 1.82) is 0 Å². The maximum atomic E-state index is 13.2. The Balaban J connectivity index is 2.36. The Hall–Kier alpha value is -1.74. The van der Waals surface area contributed by atoms with Crippen molar-refractivity contribution in [3.8, 4) is 0 Å². The lowest BCUT2D eigenvalue weighted by Crippen LogP contribution is -2.58. The highest BCUT2D eigenvalue weighted by molar-refractivity contribution is 7.89. The van der Waals surface area contributed by atoms with Gasteiger partial charge in [0.15, 0.2) is 5.84 Å². The van der Waals surface area contributed by atoms with Crippen molar-refractivity contribution in [3.05, 3.63) is 24.3 Å². The number of halogens is 1. The lowest BCUT2D eigenvalue weighted by molar-refractivity contribution is 0.294. The third kappa shape index (κ3) is 3.30. The molecular weight excluding hydrogens is 299 g/mol. The molecule has 1 aliphatic rings. The van der Waals surface area contributed by atoms with E-state index < -0.39 is 21.4 Å². The first-order valence-electron chi connectivity index (χ1n) is 6.52. The van der Waals surface area contributed by atoms with Gasteiger partial charge >= 0.3 is 0 Å². The van der Waals surface area contributed by atoms with Gasteiger partial charge in [0.1, 0.15) is 10.7 Å². The Labute approximate surface area is 122 Å². The fourth-order valence-electron chi connectivity index (χ4n) is 2.52. The van der Waals surface area contributed by atoms with E-state index in [1.54, 1.807) is 0 Å². The summed E-state index contributed by atoms with van der Waals surface area (Å²) in [4.78, 5) is 3.23. The molecule has 1 aliphatic carbocycles. The van der Waals surface area contributed by atoms with E-state index in [9.17, 15) is 12.8 Å². The van der Waals surface area contributed by atoms with Crippen LogP contribution >= 0.6 is 0 Å². The lowest BCUT2D eigenvalue weighted by Gasteiger charge is -2.36. The molecule has 0 aliphatic heterocycles. The van der Waals surface area contributed by atoms with Gasteiger partial charge in [-0.25, -0.2) is 12.8 Å². The molecule has 0 radical (unpaired) electrons. The molecule has 1 saturated carbocycles. The number of hydrogen-bond acceptors (Lipinski definition) is 5. The summed E-state index contributed by atoms with van der Waals surface area (Å²) in [5.74, 6) is -0.936. The molecule has 116 valence electrons. The first-order valence-corrected chi connectivity index (χ1v) is 8.00. The summed E-state index contributed by atoms with van der Waals surface area (Å²) in [6, 6.07) is 0.873. The van der Waals surface area contributed by atoms with Gasteiger partial charge in [0.2, 0.25) is 10.0 Å². The first-order chi connectivity index (χ1) is 9.89. The van der Waals surface area contributed by atoms with Crippen molar-refractivity contribution in [2.24, 2.45) is 10.9 Å². The van der Waals surface area contributed by atoms with Crippen LogP contribution in [0.5, 0.6) is 0 Å². The van der Waals surface area contributed by atoms with Crippen molar-refractivity contribution in [1.82, 2.24) is 9.71 Å². The van der Waals surface area contributed by atoms with E-state index in [2.05, 4.69) is 14.9 Å². The second-order valence-corrected chi connectivity index (χ2v) is 6.75. The van der Waals surface area contributed by atoms with Crippen LogP contribution in [0.25, 0.3) is 0 Å². The number of oxime groups is 1. The minimum Gasteiger partial charge on any atom is -0.409 e. The van der Waals surface area contributed by atoms with Gasteiger partial charge in [-0.3, -0.25) is 4.98 Å². The topological polar surface area (TPSA) is 118 Å². The van der Waals surface area contributed by atoms with Crippen LogP contribution in [0.3, 0.4) is 0 Å². The number of aromatic nitrogens is 1. The zero-order valence-corrected chi connectivity index (χ0v) is 12.1. The molecule has 0 atom stereocenters. The predicted octanol–water partition coefficient (Wildman–Crippen LogP) is 0.948. The van der Waals surface area contributed by atoms with Crippen LogP contribution in [0.2, 0.25) is 0 Å². The number of nitrogens with one attached hydrogen (secondary N) is 1. The number of pyridine rings is 1. The lowest BCUT2D eigenvalue weighted by atomic mass is 9.82. The van der Waals surface area contributed by atoms with Crippen molar-refractivity contribution >= 4 is 15.9 Å². The van der Waals surface area contributed by atoms with Crippen LogP contribution in [0.15, 0.2) is 28.5 Å². The molecule has 0 spiro atoms. The normalized spacial score (nSPS) is 19.4.